The van der Waals surface area contributed by atoms with Crippen molar-refractivity contribution in [1.29, 1.82) is 0 Å². The Balaban J connectivity index is 1.92. The molecule has 0 saturated carbocycles. The fourth-order valence-corrected chi connectivity index (χ4v) is 2.63. The molecule has 1 aliphatic rings. The third-order valence-corrected chi connectivity index (χ3v) is 3.87. The van der Waals surface area contributed by atoms with Gasteiger partial charge in [-0.3, -0.25) is 0 Å². The summed E-state index contributed by atoms with van der Waals surface area (Å²) in [5, 5.41) is 3.25. The number of ether oxygens (including phenoxy) is 1. The Morgan fingerprint density at radius 2 is 2.19 bits per heavy atom. The van der Waals surface area contributed by atoms with Crippen LogP contribution in [0.3, 0.4) is 0 Å². The second kappa shape index (κ2) is 6.26. The zero-order valence-electron chi connectivity index (χ0n) is 12.6. The molecule has 114 valence electrons. The van der Waals surface area contributed by atoms with Crippen LogP contribution in [0.5, 0.6) is 0 Å². The van der Waals surface area contributed by atoms with Crippen LogP contribution in [0.4, 0.5) is 11.8 Å². The van der Waals surface area contributed by atoms with E-state index in [-0.39, 0.29) is 0 Å². The number of imidazole rings is 1. The first-order valence-corrected chi connectivity index (χ1v) is 7.55. The summed E-state index contributed by atoms with van der Waals surface area (Å²) in [5.41, 5.74) is 1.60. The minimum absolute atomic E-state index is 0.444. The van der Waals surface area contributed by atoms with Gasteiger partial charge in [0, 0.05) is 32.8 Å². The Hall–Kier alpha value is -1.89. The fourth-order valence-electron chi connectivity index (χ4n) is 2.63. The highest BCUT2D eigenvalue weighted by molar-refractivity contribution is 5.84. The Morgan fingerprint density at radius 1 is 1.38 bits per heavy atom. The third-order valence-electron chi connectivity index (χ3n) is 3.87. The smallest absolute Gasteiger partial charge is 0.226 e. The highest BCUT2D eigenvalue weighted by Gasteiger charge is 2.22. The summed E-state index contributed by atoms with van der Waals surface area (Å²) >= 11 is 0. The summed E-state index contributed by atoms with van der Waals surface area (Å²) in [6.07, 6.45) is 4.75. The van der Waals surface area contributed by atoms with Gasteiger partial charge in [0.15, 0.2) is 11.5 Å². The van der Waals surface area contributed by atoms with E-state index < -0.39 is 0 Å². The summed E-state index contributed by atoms with van der Waals surface area (Å²) in [5.74, 6) is 1.55. The highest BCUT2D eigenvalue weighted by Crippen LogP contribution is 2.26. The van der Waals surface area contributed by atoms with Crippen molar-refractivity contribution in [3.8, 4) is 0 Å². The van der Waals surface area contributed by atoms with E-state index in [0.717, 1.165) is 50.4 Å². The van der Waals surface area contributed by atoms with Gasteiger partial charge in [-0.05, 0) is 19.3 Å². The van der Waals surface area contributed by atoms with Crippen LogP contribution in [0.2, 0.25) is 0 Å². The molecule has 2 aromatic rings. The van der Waals surface area contributed by atoms with Crippen molar-refractivity contribution in [2.24, 2.45) is 0 Å². The molecule has 0 spiro atoms. The molecular weight excluding hydrogens is 268 g/mol. The maximum atomic E-state index is 5.44. The summed E-state index contributed by atoms with van der Waals surface area (Å²) in [6.45, 7) is 4.60. The Labute approximate surface area is 124 Å². The fraction of sp³-hybridized carbons (Fsp3) is 0.643. The quantitative estimate of drug-likeness (QED) is 0.874. The molecule has 7 nitrogen and oxygen atoms in total. The van der Waals surface area contributed by atoms with E-state index in [4.69, 9.17) is 4.74 Å². The number of nitrogens with zero attached hydrogens (tertiary/aromatic N) is 4. The molecule has 1 fully saturated rings. The standard InChI is InChI=1S/C14H22N6O/c1-3-6-15-14-18-12-11(16-9-17-12)13(19-14)20(2)10-4-7-21-8-5-10/h9-10H,3-8H2,1-2H3,(H2,15,16,17,18,19). The molecule has 2 aromatic heterocycles. The van der Waals surface area contributed by atoms with E-state index in [1.54, 1.807) is 6.33 Å². The molecule has 2 N–H and O–H groups in total. The van der Waals surface area contributed by atoms with E-state index in [1.807, 2.05) is 0 Å². The Kier molecular flexibility index (Phi) is 4.19. The summed E-state index contributed by atoms with van der Waals surface area (Å²) in [7, 11) is 2.09. The highest BCUT2D eigenvalue weighted by atomic mass is 16.5. The summed E-state index contributed by atoms with van der Waals surface area (Å²) < 4.78 is 5.44. The zero-order chi connectivity index (χ0) is 14.7. The van der Waals surface area contributed by atoms with Gasteiger partial charge in [0.05, 0.1) is 6.33 Å². The molecule has 7 heteroatoms. The van der Waals surface area contributed by atoms with Gasteiger partial charge in [-0.2, -0.15) is 9.97 Å². The SMILES string of the molecule is CCCNc1nc(N(C)C2CCOCC2)c2[nH]cnc2n1. The second-order valence-corrected chi connectivity index (χ2v) is 5.35. The lowest BCUT2D eigenvalue weighted by Gasteiger charge is -2.32. The number of H-pyrrole nitrogens is 1. The van der Waals surface area contributed by atoms with Crippen molar-refractivity contribution in [2.45, 2.75) is 32.2 Å². The van der Waals surface area contributed by atoms with Crippen molar-refractivity contribution < 1.29 is 4.74 Å². The van der Waals surface area contributed by atoms with Crippen molar-refractivity contribution >= 4 is 22.9 Å². The van der Waals surface area contributed by atoms with Crippen LogP contribution in [0.25, 0.3) is 11.2 Å². The Morgan fingerprint density at radius 3 is 2.95 bits per heavy atom. The zero-order valence-corrected chi connectivity index (χ0v) is 12.6. The molecule has 0 bridgehead atoms. The maximum absolute atomic E-state index is 5.44. The van der Waals surface area contributed by atoms with E-state index >= 15 is 0 Å². The van der Waals surface area contributed by atoms with Gasteiger partial charge in [-0.15, -0.1) is 0 Å². The molecule has 3 heterocycles. The number of hydrogen-bond acceptors (Lipinski definition) is 6. The molecule has 0 unspecified atom stereocenters. The van der Waals surface area contributed by atoms with Crippen LogP contribution in [0.1, 0.15) is 26.2 Å². The average Bonchev–Trinajstić information content (AvgIpc) is 3.00. The number of hydrogen-bond donors (Lipinski definition) is 2. The molecule has 3 rings (SSSR count). The molecule has 0 amide bonds. The van der Waals surface area contributed by atoms with Gasteiger partial charge in [0.2, 0.25) is 5.95 Å². The molecule has 0 aromatic carbocycles. The molecular formula is C14H22N6O. The van der Waals surface area contributed by atoms with Crippen LogP contribution in [-0.2, 0) is 4.74 Å². The van der Waals surface area contributed by atoms with E-state index in [9.17, 15) is 0 Å². The topological polar surface area (TPSA) is 79.0 Å². The molecule has 0 aliphatic carbocycles. The third kappa shape index (κ3) is 2.92. The predicted molar refractivity (Wildman–Crippen MR) is 82.7 cm³/mol. The number of rotatable bonds is 5. The number of nitrogens with one attached hydrogen (secondary N) is 2. The van der Waals surface area contributed by atoms with Crippen LogP contribution in [0, 0.1) is 0 Å². The van der Waals surface area contributed by atoms with Crippen molar-refractivity contribution in [3.05, 3.63) is 6.33 Å². The van der Waals surface area contributed by atoms with E-state index in [2.05, 4.69) is 44.1 Å². The predicted octanol–water partition coefficient (Wildman–Crippen LogP) is 1.79. The maximum Gasteiger partial charge on any atom is 0.226 e. The Bertz CT molecular complexity index is 592. The van der Waals surface area contributed by atoms with Gasteiger partial charge in [0.1, 0.15) is 5.52 Å². The number of fused-ring (bicyclic) bond motifs is 1. The summed E-state index contributed by atoms with van der Waals surface area (Å²) in [4.78, 5) is 18.8. The molecule has 0 radical (unpaired) electrons. The van der Waals surface area contributed by atoms with Crippen molar-refractivity contribution in [3.63, 3.8) is 0 Å². The van der Waals surface area contributed by atoms with Gasteiger partial charge in [-0.1, -0.05) is 6.92 Å². The average molecular weight is 290 g/mol. The monoisotopic (exact) mass is 290 g/mol. The molecule has 1 saturated heterocycles. The second-order valence-electron chi connectivity index (χ2n) is 5.35. The van der Waals surface area contributed by atoms with Gasteiger partial charge < -0.3 is 19.9 Å². The first-order valence-electron chi connectivity index (χ1n) is 7.55. The van der Waals surface area contributed by atoms with Crippen LogP contribution < -0.4 is 10.2 Å². The first-order chi connectivity index (χ1) is 10.3. The number of anilines is 2. The van der Waals surface area contributed by atoms with Crippen LogP contribution in [0.15, 0.2) is 6.33 Å². The minimum Gasteiger partial charge on any atom is -0.381 e. The van der Waals surface area contributed by atoms with Crippen LogP contribution >= 0.6 is 0 Å². The van der Waals surface area contributed by atoms with E-state index in [1.165, 1.54) is 0 Å². The largest absolute Gasteiger partial charge is 0.381 e. The van der Waals surface area contributed by atoms with Gasteiger partial charge >= 0.3 is 0 Å². The number of aromatic amines is 1. The van der Waals surface area contributed by atoms with Crippen molar-refractivity contribution in [2.75, 3.05) is 37.0 Å². The van der Waals surface area contributed by atoms with Crippen LogP contribution in [-0.4, -0.2) is 52.8 Å². The minimum atomic E-state index is 0.444. The normalized spacial score (nSPS) is 16.3. The van der Waals surface area contributed by atoms with E-state index in [0.29, 0.717) is 17.6 Å². The molecule has 0 atom stereocenters. The number of aromatic nitrogens is 4. The summed E-state index contributed by atoms with van der Waals surface area (Å²) in [6, 6.07) is 0.444. The lowest BCUT2D eigenvalue weighted by atomic mass is 10.1. The van der Waals surface area contributed by atoms with Gasteiger partial charge in [0.25, 0.3) is 0 Å². The first kappa shape index (κ1) is 14.1. The van der Waals surface area contributed by atoms with Gasteiger partial charge in [-0.25, -0.2) is 4.98 Å². The lowest BCUT2D eigenvalue weighted by Crippen LogP contribution is -2.37. The lowest BCUT2D eigenvalue weighted by molar-refractivity contribution is 0.0854. The molecule has 1 aliphatic heterocycles. The molecule has 21 heavy (non-hydrogen) atoms. The van der Waals surface area contributed by atoms with Crippen molar-refractivity contribution in [1.82, 2.24) is 19.9 Å².